The van der Waals surface area contributed by atoms with E-state index in [2.05, 4.69) is 0 Å². The molecule has 0 amide bonds. The molecule has 106 valence electrons. The van der Waals surface area contributed by atoms with E-state index in [0.29, 0.717) is 16.3 Å². The number of Topliss-reactive ketones (excluding diaryl/α,β-unsaturated/α-hetero) is 1. The lowest BCUT2D eigenvalue weighted by Gasteiger charge is -2.03. The van der Waals surface area contributed by atoms with Crippen molar-refractivity contribution in [2.45, 2.75) is 13.3 Å². The number of nitrogen functional groups attached to an aromatic ring is 1. The van der Waals surface area contributed by atoms with Crippen molar-refractivity contribution in [3.05, 3.63) is 23.1 Å². The van der Waals surface area contributed by atoms with Gasteiger partial charge in [0.05, 0.1) is 23.6 Å². The summed E-state index contributed by atoms with van der Waals surface area (Å²) in [6, 6.07) is 5.28. The van der Waals surface area contributed by atoms with E-state index in [0.717, 1.165) is 10.1 Å². The molecule has 0 fully saturated rings. The molecule has 5 nitrogen and oxygen atoms in total. The molecule has 2 rings (SSSR count). The van der Waals surface area contributed by atoms with Gasteiger partial charge in [0, 0.05) is 17.2 Å². The largest absolute Gasteiger partial charge is 0.495 e. The van der Waals surface area contributed by atoms with Crippen LogP contribution in [0.25, 0.3) is 10.1 Å². The summed E-state index contributed by atoms with van der Waals surface area (Å²) in [6.07, 6.45) is -0.00519. The van der Waals surface area contributed by atoms with E-state index < -0.39 is 11.9 Å². The molecule has 3 N–H and O–H groups in total. The molecule has 20 heavy (non-hydrogen) atoms. The van der Waals surface area contributed by atoms with Crippen molar-refractivity contribution in [1.29, 1.82) is 0 Å². The molecule has 1 atom stereocenters. The molecule has 0 aliphatic carbocycles. The number of carbonyl (C=O) groups excluding carboxylic acids is 1. The van der Waals surface area contributed by atoms with Gasteiger partial charge < -0.3 is 15.6 Å². The average molecular weight is 293 g/mol. The van der Waals surface area contributed by atoms with Gasteiger partial charge in [-0.25, -0.2) is 0 Å². The number of benzene rings is 1. The molecule has 0 bridgehead atoms. The number of ether oxygens (including phenoxy) is 1. The first-order valence-electron chi connectivity index (χ1n) is 6.05. The minimum absolute atomic E-state index is 0.00519. The molecule has 0 saturated heterocycles. The van der Waals surface area contributed by atoms with Crippen LogP contribution in [0.5, 0.6) is 5.75 Å². The molecule has 0 saturated carbocycles. The summed E-state index contributed by atoms with van der Waals surface area (Å²) in [7, 11) is 1.53. The molecule has 0 aliphatic rings. The molecule has 1 aromatic heterocycles. The number of thiophene rings is 1. The first kappa shape index (κ1) is 14.3. The van der Waals surface area contributed by atoms with Crippen LogP contribution in [0.2, 0.25) is 0 Å². The normalized spacial score (nSPS) is 12.3. The number of hydrogen-bond acceptors (Lipinski definition) is 5. The zero-order chi connectivity index (χ0) is 14.9. The number of methoxy groups -OCH3 is 1. The predicted octanol–water partition coefficient (Wildman–Crippen LogP) is 2.79. The number of carbonyl (C=O) groups is 2. The lowest BCUT2D eigenvalue weighted by atomic mass is 10.0. The van der Waals surface area contributed by atoms with E-state index in [4.69, 9.17) is 15.6 Å². The van der Waals surface area contributed by atoms with Gasteiger partial charge in [-0.2, -0.15) is 0 Å². The number of nitrogens with two attached hydrogens (primary N) is 1. The monoisotopic (exact) mass is 293 g/mol. The van der Waals surface area contributed by atoms with Crippen molar-refractivity contribution in [3.63, 3.8) is 0 Å². The number of fused-ring (bicyclic) bond motifs is 1. The highest BCUT2D eigenvalue weighted by Crippen LogP contribution is 2.34. The highest BCUT2D eigenvalue weighted by molar-refractivity contribution is 7.20. The predicted molar refractivity (Wildman–Crippen MR) is 78.5 cm³/mol. The lowest BCUT2D eigenvalue weighted by molar-refractivity contribution is -0.141. The van der Waals surface area contributed by atoms with Crippen molar-refractivity contribution in [3.8, 4) is 5.75 Å². The second kappa shape index (κ2) is 5.50. The smallest absolute Gasteiger partial charge is 0.306 e. The highest BCUT2D eigenvalue weighted by atomic mass is 32.1. The van der Waals surface area contributed by atoms with Crippen molar-refractivity contribution in [2.24, 2.45) is 5.92 Å². The van der Waals surface area contributed by atoms with Gasteiger partial charge in [-0.3, -0.25) is 9.59 Å². The fourth-order valence-electron chi connectivity index (χ4n) is 1.87. The number of carboxylic acid groups (broad SMARTS) is 1. The maximum absolute atomic E-state index is 12.1. The van der Waals surface area contributed by atoms with Gasteiger partial charge in [0.15, 0.2) is 5.78 Å². The third-order valence-electron chi connectivity index (χ3n) is 3.06. The third-order valence-corrected chi connectivity index (χ3v) is 4.20. The first-order valence-corrected chi connectivity index (χ1v) is 6.87. The fraction of sp³-hybridized carbons (Fsp3) is 0.286. The van der Waals surface area contributed by atoms with Crippen LogP contribution >= 0.6 is 11.3 Å². The zero-order valence-corrected chi connectivity index (χ0v) is 12.0. The van der Waals surface area contributed by atoms with Gasteiger partial charge in [-0.15, -0.1) is 11.3 Å². The summed E-state index contributed by atoms with van der Waals surface area (Å²) in [6.45, 7) is 1.52. The maximum atomic E-state index is 12.1. The van der Waals surface area contributed by atoms with Crippen molar-refractivity contribution < 1.29 is 19.4 Å². The Morgan fingerprint density at radius 1 is 1.40 bits per heavy atom. The Morgan fingerprint density at radius 3 is 2.70 bits per heavy atom. The SMILES string of the molecule is COc1cc2sc(C(=O)CC(C)C(=O)O)cc2cc1N. The fourth-order valence-corrected chi connectivity index (χ4v) is 2.89. The van der Waals surface area contributed by atoms with E-state index in [9.17, 15) is 9.59 Å². The van der Waals surface area contributed by atoms with Gasteiger partial charge in [0.25, 0.3) is 0 Å². The number of ketones is 1. The van der Waals surface area contributed by atoms with Crippen molar-refractivity contribution in [1.82, 2.24) is 0 Å². The van der Waals surface area contributed by atoms with Crippen molar-refractivity contribution in [2.75, 3.05) is 12.8 Å². The number of hydrogen-bond donors (Lipinski definition) is 2. The van der Waals surface area contributed by atoms with Crippen LogP contribution < -0.4 is 10.5 Å². The van der Waals surface area contributed by atoms with Crippen LogP contribution in [-0.2, 0) is 4.79 Å². The summed E-state index contributed by atoms with van der Waals surface area (Å²) in [5, 5.41) is 9.70. The summed E-state index contributed by atoms with van der Waals surface area (Å²) < 4.78 is 6.03. The van der Waals surface area contributed by atoms with Crippen LogP contribution in [0.1, 0.15) is 23.0 Å². The van der Waals surface area contributed by atoms with Gasteiger partial charge in [-0.1, -0.05) is 6.92 Å². The summed E-state index contributed by atoms with van der Waals surface area (Å²) in [5.41, 5.74) is 6.33. The number of carboxylic acids is 1. The summed E-state index contributed by atoms with van der Waals surface area (Å²) in [4.78, 5) is 23.4. The molecule has 0 spiro atoms. The van der Waals surface area contributed by atoms with E-state index in [1.807, 2.05) is 0 Å². The molecule has 0 radical (unpaired) electrons. The Morgan fingerprint density at radius 2 is 2.10 bits per heavy atom. The van der Waals surface area contributed by atoms with Crippen LogP contribution in [0, 0.1) is 5.92 Å². The zero-order valence-electron chi connectivity index (χ0n) is 11.2. The Bertz CT molecular complexity index is 677. The van der Waals surface area contributed by atoms with Crippen LogP contribution in [-0.4, -0.2) is 24.0 Å². The maximum Gasteiger partial charge on any atom is 0.306 e. The van der Waals surface area contributed by atoms with Crippen LogP contribution in [0.3, 0.4) is 0 Å². The second-order valence-electron chi connectivity index (χ2n) is 4.61. The molecule has 1 aromatic carbocycles. The average Bonchev–Trinajstić information content (AvgIpc) is 2.80. The van der Waals surface area contributed by atoms with Crippen LogP contribution in [0.15, 0.2) is 18.2 Å². The van der Waals surface area contributed by atoms with E-state index >= 15 is 0 Å². The second-order valence-corrected chi connectivity index (χ2v) is 5.69. The highest BCUT2D eigenvalue weighted by Gasteiger charge is 2.19. The van der Waals surface area contributed by atoms with Gasteiger partial charge in [-0.05, 0) is 17.5 Å². The van der Waals surface area contributed by atoms with E-state index in [-0.39, 0.29) is 12.2 Å². The Kier molecular flexibility index (Phi) is 3.94. The van der Waals surface area contributed by atoms with E-state index in [1.165, 1.54) is 25.4 Å². The lowest BCUT2D eigenvalue weighted by Crippen LogP contribution is -2.13. The molecule has 2 aromatic rings. The van der Waals surface area contributed by atoms with Crippen LogP contribution in [0.4, 0.5) is 5.69 Å². The number of anilines is 1. The summed E-state index contributed by atoms with van der Waals surface area (Å²) in [5.74, 6) is -1.26. The van der Waals surface area contributed by atoms with Gasteiger partial charge >= 0.3 is 5.97 Å². The quantitative estimate of drug-likeness (QED) is 0.653. The molecular weight excluding hydrogens is 278 g/mol. The minimum Gasteiger partial charge on any atom is -0.495 e. The van der Waals surface area contributed by atoms with Gasteiger partial charge in [0.2, 0.25) is 0 Å². The molecule has 0 aliphatic heterocycles. The Labute approximate surface area is 120 Å². The minimum atomic E-state index is -0.967. The third kappa shape index (κ3) is 2.75. The first-order chi connectivity index (χ1) is 9.42. The molecule has 1 heterocycles. The van der Waals surface area contributed by atoms with Gasteiger partial charge in [0.1, 0.15) is 5.75 Å². The topological polar surface area (TPSA) is 89.6 Å². The molecular formula is C14H15NO4S. The number of aliphatic carboxylic acids is 1. The number of rotatable bonds is 5. The molecule has 1 unspecified atom stereocenters. The Balaban J connectivity index is 2.32. The molecule has 6 heteroatoms. The van der Waals surface area contributed by atoms with Crippen molar-refractivity contribution >= 4 is 38.9 Å². The standard InChI is InChI=1S/C14H15NO4S/c1-7(14(17)18)3-10(16)13-5-8-4-9(15)11(19-2)6-12(8)20-13/h4-7H,3,15H2,1-2H3,(H,17,18). The summed E-state index contributed by atoms with van der Waals surface area (Å²) >= 11 is 1.32. The Hall–Kier alpha value is -2.08. The van der Waals surface area contributed by atoms with E-state index in [1.54, 1.807) is 18.2 Å².